The Labute approximate surface area is 183 Å². The maximum atomic E-state index is 13.1. The van der Waals surface area contributed by atoms with E-state index in [9.17, 15) is 9.59 Å². The number of nitrogens with one attached hydrogen (secondary N) is 1. The Morgan fingerprint density at radius 2 is 1.73 bits per heavy atom. The molecule has 2 aromatic rings. The summed E-state index contributed by atoms with van der Waals surface area (Å²) in [5.74, 6) is 0.0968. The lowest BCUT2D eigenvalue weighted by atomic mass is 9.89. The van der Waals surface area contributed by atoms with Crippen LogP contribution in [-0.2, 0) is 4.79 Å². The van der Waals surface area contributed by atoms with Gasteiger partial charge in [0.2, 0.25) is 5.91 Å². The van der Waals surface area contributed by atoms with Crippen LogP contribution in [0.3, 0.4) is 0 Å². The molecule has 158 valence electrons. The van der Waals surface area contributed by atoms with E-state index in [1.54, 1.807) is 6.92 Å². The predicted octanol–water partition coefficient (Wildman–Crippen LogP) is 5.26. The van der Waals surface area contributed by atoms with Crippen LogP contribution in [0.5, 0.6) is 0 Å². The molecule has 2 aromatic carbocycles. The van der Waals surface area contributed by atoms with E-state index in [-0.39, 0.29) is 23.9 Å². The van der Waals surface area contributed by atoms with Gasteiger partial charge in [-0.25, -0.2) is 0 Å². The molecule has 2 amide bonds. The van der Waals surface area contributed by atoms with Gasteiger partial charge in [-0.3, -0.25) is 9.59 Å². The minimum Gasteiger partial charge on any atom is -0.378 e. The number of carbonyl (C=O) groups is 2. The van der Waals surface area contributed by atoms with E-state index < -0.39 is 0 Å². The SMILES string of the molecule is CC(=O)N1c2ccc(C(=O)N3CCCCC3)cc2C(Nc2ccc(Cl)cc2)CC1C. The van der Waals surface area contributed by atoms with Gasteiger partial charge in [0.25, 0.3) is 5.91 Å². The summed E-state index contributed by atoms with van der Waals surface area (Å²) < 4.78 is 0. The molecular formula is C24H28ClN3O2. The van der Waals surface area contributed by atoms with E-state index in [1.165, 1.54) is 6.42 Å². The van der Waals surface area contributed by atoms with Crippen LogP contribution >= 0.6 is 11.6 Å². The van der Waals surface area contributed by atoms with Gasteiger partial charge in [0.05, 0.1) is 6.04 Å². The molecule has 2 unspecified atom stereocenters. The number of carbonyl (C=O) groups excluding carboxylic acids is 2. The molecule has 6 heteroatoms. The second kappa shape index (κ2) is 8.68. The molecule has 1 fully saturated rings. The number of fused-ring (bicyclic) bond motifs is 1. The van der Waals surface area contributed by atoms with Crippen molar-refractivity contribution < 1.29 is 9.59 Å². The van der Waals surface area contributed by atoms with Gasteiger partial charge < -0.3 is 15.1 Å². The van der Waals surface area contributed by atoms with Gasteiger partial charge in [0.1, 0.15) is 0 Å². The molecule has 2 aliphatic heterocycles. The first-order chi connectivity index (χ1) is 14.4. The van der Waals surface area contributed by atoms with E-state index in [4.69, 9.17) is 11.6 Å². The topological polar surface area (TPSA) is 52.7 Å². The smallest absolute Gasteiger partial charge is 0.253 e. The molecule has 1 N–H and O–H groups in total. The highest BCUT2D eigenvalue weighted by Crippen LogP contribution is 2.40. The molecule has 4 rings (SSSR count). The van der Waals surface area contributed by atoms with Crippen molar-refractivity contribution in [3.63, 3.8) is 0 Å². The van der Waals surface area contributed by atoms with Crippen LogP contribution in [0.25, 0.3) is 0 Å². The summed E-state index contributed by atoms with van der Waals surface area (Å²) in [5, 5.41) is 4.27. The second-order valence-electron chi connectivity index (χ2n) is 8.30. The van der Waals surface area contributed by atoms with Crippen LogP contribution in [0.1, 0.15) is 61.5 Å². The first-order valence-corrected chi connectivity index (χ1v) is 11.1. The van der Waals surface area contributed by atoms with Crippen molar-refractivity contribution in [2.75, 3.05) is 23.3 Å². The molecule has 5 nitrogen and oxygen atoms in total. The number of anilines is 2. The van der Waals surface area contributed by atoms with Gasteiger partial charge in [-0.15, -0.1) is 0 Å². The van der Waals surface area contributed by atoms with E-state index in [1.807, 2.05) is 52.3 Å². The molecule has 0 radical (unpaired) electrons. The molecule has 0 aromatic heterocycles. The number of hydrogen-bond acceptors (Lipinski definition) is 3. The van der Waals surface area contributed by atoms with Crippen molar-refractivity contribution in [1.82, 2.24) is 4.90 Å². The molecular weight excluding hydrogens is 398 g/mol. The third-order valence-corrected chi connectivity index (χ3v) is 6.35. The highest BCUT2D eigenvalue weighted by molar-refractivity contribution is 6.30. The number of benzene rings is 2. The van der Waals surface area contributed by atoms with Crippen molar-refractivity contribution in [3.8, 4) is 0 Å². The fourth-order valence-electron chi connectivity index (χ4n) is 4.64. The van der Waals surface area contributed by atoms with Crippen molar-refractivity contribution in [2.24, 2.45) is 0 Å². The summed E-state index contributed by atoms with van der Waals surface area (Å²) in [6, 6.07) is 13.4. The third kappa shape index (κ3) is 4.17. The van der Waals surface area contributed by atoms with Crippen LogP contribution in [0, 0.1) is 0 Å². The van der Waals surface area contributed by atoms with Crippen molar-refractivity contribution in [1.29, 1.82) is 0 Å². The lowest BCUT2D eigenvalue weighted by molar-refractivity contribution is -0.117. The Morgan fingerprint density at radius 1 is 1.03 bits per heavy atom. The molecule has 2 atom stereocenters. The van der Waals surface area contributed by atoms with Crippen LogP contribution in [0.2, 0.25) is 5.02 Å². The van der Waals surface area contributed by atoms with Crippen LogP contribution in [0.15, 0.2) is 42.5 Å². The van der Waals surface area contributed by atoms with Crippen LogP contribution in [0.4, 0.5) is 11.4 Å². The fraction of sp³-hybridized carbons (Fsp3) is 0.417. The predicted molar refractivity (Wildman–Crippen MR) is 121 cm³/mol. The number of hydrogen-bond donors (Lipinski definition) is 1. The summed E-state index contributed by atoms with van der Waals surface area (Å²) in [5.41, 5.74) is 3.52. The first kappa shape index (κ1) is 20.7. The Kier molecular flexibility index (Phi) is 6.00. The molecule has 30 heavy (non-hydrogen) atoms. The normalized spacial score (nSPS) is 21.2. The van der Waals surface area contributed by atoms with Gasteiger partial charge in [-0.05, 0) is 80.6 Å². The Balaban J connectivity index is 1.69. The molecule has 0 spiro atoms. The summed E-state index contributed by atoms with van der Waals surface area (Å²) in [6.45, 7) is 5.30. The first-order valence-electron chi connectivity index (χ1n) is 10.7. The summed E-state index contributed by atoms with van der Waals surface area (Å²) in [4.78, 5) is 29.2. The Bertz CT molecular complexity index is 938. The Morgan fingerprint density at radius 3 is 2.40 bits per heavy atom. The zero-order valence-corrected chi connectivity index (χ0v) is 18.3. The number of rotatable bonds is 3. The average molecular weight is 426 g/mol. The number of nitrogens with zero attached hydrogens (tertiary/aromatic N) is 2. The highest BCUT2D eigenvalue weighted by Gasteiger charge is 2.33. The Hall–Kier alpha value is -2.53. The number of amides is 2. The standard InChI is InChI=1S/C24H28ClN3O2/c1-16-14-22(26-20-9-7-19(25)8-10-20)21-15-18(6-11-23(21)28(16)17(2)29)24(30)27-12-4-3-5-13-27/h6-11,15-16,22,26H,3-5,12-14H2,1-2H3. The minimum absolute atomic E-state index is 0.000816. The maximum Gasteiger partial charge on any atom is 0.253 e. The monoisotopic (exact) mass is 425 g/mol. The third-order valence-electron chi connectivity index (χ3n) is 6.09. The van der Waals surface area contributed by atoms with Gasteiger partial charge >= 0.3 is 0 Å². The van der Waals surface area contributed by atoms with Crippen LogP contribution < -0.4 is 10.2 Å². The quantitative estimate of drug-likeness (QED) is 0.729. The zero-order chi connectivity index (χ0) is 21.3. The highest BCUT2D eigenvalue weighted by atomic mass is 35.5. The molecule has 2 aliphatic rings. The second-order valence-corrected chi connectivity index (χ2v) is 8.74. The summed E-state index contributed by atoms with van der Waals surface area (Å²) in [7, 11) is 0. The maximum absolute atomic E-state index is 13.1. The van der Waals surface area contributed by atoms with E-state index >= 15 is 0 Å². The number of piperidine rings is 1. The van der Waals surface area contributed by atoms with Crippen LogP contribution in [-0.4, -0.2) is 35.8 Å². The average Bonchev–Trinajstić information content (AvgIpc) is 2.75. The minimum atomic E-state index is 0.000816. The number of likely N-dealkylation sites (tertiary alicyclic amines) is 1. The van der Waals surface area contributed by atoms with E-state index in [0.717, 1.165) is 49.3 Å². The molecule has 2 heterocycles. The largest absolute Gasteiger partial charge is 0.378 e. The van der Waals surface area contributed by atoms with Gasteiger partial charge in [0.15, 0.2) is 0 Å². The summed E-state index contributed by atoms with van der Waals surface area (Å²) in [6.07, 6.45) is 4.07. The van der Waals surface area contributed by atoms with Gasteiger partial charge in [-0.1, -0.05) is 11.6 Å². The molecule has 1 saturated heterocycles. The lowest BCUT2D eigenvalue weighted by Crippen LogP contribution is -2.43. The fourth-order valence-corrected chi connectivity index (χ4v) is 4.77. The molecule has 0 aliphatic carbocycles. The summed E-state index contributed by atoms with van der Waals surface area (Å²) >= 11 is 6.03. The molecule has 0 bridgehead atoms. The van der Waals surface area contributed by atoms with Gasteiger partial charge in [-0.2, -0.15) is 0 Å². The van der Waals surface area contributed by atoms with E-state index in [2.05, 4.69) is 12.2 Å². The van der Waals surface area contributed by atoms with E-state index in [0.29, 0.717) is 10.6 Å². The van der Waals surface area contributed by atoms with Crippen molar-refractivity contribution in [2.45, 2.75) is 51.6 Å². The van der Waals surface area contributed by atoms with Crippen molar-refractivity contribution in [3.05, 3.63) is 58.6 Å². The number of halogens is 1. The lowest BCUT2D eigenvalue weighted by Gasteiger charge is -2.40. The molecule has 0 saturated carbocycles. The van der Waals surface area contributed by atoms with Gasteiger partial charge in [0, 0.05) is 48.0 Å². The van der Waals surface area contributed by atoms with Crippen molar-refractivity contribution >= 4 is 34.8 Å². The zero-order valence-electron chi connectivity index (χ0n) is 17.5.